The summed E-state index contributed by atoms with van der Waals surface area (Å²) in [5, 5.41) is 8.61. The van der Waals surface area contributed by atoms with Crippen LogP contribution in [0, 0.1) is 5.92 Å². The molecular formula is C16H31NO3. The molecule has 0 radical (unpaired) electrons. The summed E-state index contributed by atoms with van der Waals surface area (Å²) in [5.41, 5.74) is 0.173. The van der Waals surface area contributed by atoms with Crippen LogP contribution in [0.5, 0.6) is 0 Å². The summed E-state index contributed by atoms with van der Waals surface area (Å²) in [6, 6.07) is 0. The van der Waals surface area contributed by atoms with Crippen LogP contribution in [-0.4, -0.2) is 36.5 Å². The van der Waals surface area contributed by atoms with Crippen molar-refractivity contribution in [2.75, 3.05) is 19.8 Å². The first kappa shape index (κ1) is 19.1. The van der Waals surface area contributed by atoms with Gasteiger partial charge in [-0.1, -0.05) is 46.0 Å². The molecule has 0 rings (SSSR count). The Kier molecular flexibility index (Phi) is 12.5. The summed E-state index contributed by atoms with van der Waals surface area (Å²) in [7, 11) is 0. The van der Waals surface area contributed by atoms with Gasteiger partial charge in [0, 0.05) is 19.8 Å². The fourth-order valence-corrected chi connectivity index (χ4v) is 1.87. The summed E-state index contributed by atoms with van der Waals surface area (Å²) >= 11 is 0. The van der Waals surface area contributed by atoms with Crippen molar-refractivity contribution < 1.29 is 14.6 Å². The molecule has 0 saturated heterocycles. The third-order valence-corrected chi connectivity index (χ3v) is 3.18. The Bertz CT molecular complexity index is 275. The number of nitrogens with zero attached hydrogens (tertiary/aromatic N) is 1. The van der Waals surface area contributed by atoms with Crippen LogP contribution in [0.2, 0.25) is 0 Å². The molecule has 0 aromatic rings. The number of aliphatic imine (C=N–C) groups is 1. The number of carboxylic acids is 1. The molecule has 0 bridgehead atoms. The van der Waals surface area contributed by atoms with Gasteiger partial charge in [0.1, 0.15) is 5.71 Å². The van der Waals surface area contributed by atoms with E-state index < -0.39 is 5.97 Å². The summed E-state index contributed by atoms with van der Waals surface area (Å²) in [6.45, 7) is 8.08. The predicted molar refractivity (Wildman–Crippen MR) is 83.6 cm³/mol. The largest absolute Gasteiger partial charge is 0.477 e. The Morgan fingerprint density at radius 2 is 1.65 bits per heavy atom. The molecular weight excluding hydrogens is 254 g/mol. The van der Waals surface area contributed by atoms with Gasteiger partial charge >= 0.3 is 5.97 Å². The van der Waals surface area contributed by atoms with E-state index in [0.29, 0.717) is 13.2 Å². The van der Waals surface area contributed by atoms with Gasteiger partial charge in [0.05, 0.1) is 0 Å². The second-order valence-corrected chi connectivity index (χ2v) is 5.69. The number of aliphatic carboxylic acids is 1. The average Bonchev–Trinajstić information content (AvgIpc) is 2.39. The van der Waals surface area contributed by atoms with Gasteiger partial charge in [-0.2, -0.15) is 0 Å². The molecule has 118 valence electrons. The van der Waals surface area contributed by atoms with E-state index in [1.54, 1.807) is 0 Å². The minimum atomic E-state index is -0.941. The Morgan fingerprint density at radius 1 is 1.05 bits per heavy atom. The maximum Gasteiger partial charge on any atom is 0.349 e. The molecule has 0 atom stereocenters. The number of carboxylic acid groups (broad SMARTS) is 1. The predicted octanol–water partition coefficient (Wildman–Crippen LogP) is 3.94. The van der Waals surface area contributed by atoms with Crippen LogP contribution in [-0.2, 0) is 9.53 Å². The van der Waals surface area contributed by atoms with Gasteiger partial charge < -0.3 is 9.84 Å². The van der Waals surface area contributed by atoms with E-state index in [1.807, 2.05) is 0 Å². The molecule has 0 saturated carbocycles. The lowest BCUT2D eigenvalue weighted by atomic mass is 10.0. The Labute approximate surface area is 123 Å². The van der Waals surface area contributed by atoms with Crippen molar-refractivity contribution in [1.82, 2.24) is 0 Å². The highest BCUT2D eigenvalue weighted by atomic mass is 16.5. The van der Waals surface area contributed by atoms with Crippen molar-refractivity contribution in [2.24, 2.45) is 10.9 Å². The van der Waals surface area contributed by atoms with Gasteiger partial charge in [-0.25, -0.2) is 4.79 Å². The third-order valence-electron chi connectivity index (χ3n) is 3.18. The van der Waals surface area contributed by atoms with Crippen LogP contribution in [0.25, 0.3) is 0 Å². The number of hydrogen-bond donors (Lipinski definition) is 1. The molecule has 0 aliphatic rings. The number of carbonyl (C=O) groups is 1. The maximum atomic E-state index is 10.5. The smallest absolute Gasteiger partial charge is 0.349 e. The van der Waals surface area contributed by atoms with Gasteiger partial charge in [0.15, 0.2) is 0 Å². The molecule has 1 N–H and O–H groups in total. The van der Waals surface area contributed by atoms with Gasteiger partial charge in [0.25, 0.3) is 0 Å². The summed E-state index contributed by atoms with van der Waals surface area (Å²) in [4.78, 5) is 14.4. The van der Waals surface area contributed by atoms with E-state index >= 15 is 0 Å². The molecule has 0 aliphatic heterocycles. The first-order valence-electron chi connectivity index (χ1n) is 7.86. The van der Waals surface area contributed by atoms with Gasteiger partial charge in [-0.3, -0.25) is 4.99 Å². The molecule has 4 nitrogen and oxygen atoms in total. The maximum absolute atomic E-state index is 10.5. The fourth-order valence-electron chi connectivity index (χ4n) is 1.87. The molecule has 0 unspecified atom stereocenters. The highest BCUT2D eigenvalue weighted by Crippen LogP contribution is 2.10. The van der Waals surface area contributed by atoms with Crippen LogP contribution in [0.1, 0.15) is 65.7 Å². The first-order chi connectivity index (χ1) is 9.54. The number of unbranched alkanes of at least 4 members (excludes halogenated alkanes) is 4. The minimum absolute atomic E-state index is 0.173. The molecule has 0 spiro atoms. The zero-order valence-electron chi connectivity index (χ0n) is 13.4. The highest BCUT2D eigenvalue weighted by molar-refractivity contribution is 6.34. The normalized spacial score (nSPS) is 12.1. The highest BCUT2D eigenvalue weighted by Gasteiger charge is 1.99. The van der Waals surface area contributed by atoms with E-state index in [4.69, 9.17) is 9.84 Å². The number of ether oxygens (including phenoxy) is 1. The molecule has 0 amide bonds. The Hall–Kier alpha value is -0.900. The van der Waals surface area contributed by atoms with Crippen LogP contribution in [0.3, 0.4) is 0 Å². The van der Waals surface area contributed by atoms with Crippen molar-refractivity contribution >= 4 is 11.7 Å². The Balaban J connectivity index is 3.17. The lowest BCUT2D eigenvalue weighted by Gasteiger charge is -2.05. The monoisotopic (exact) mass is 285 g/mol. The van der Waals surface area contributed by atoms with Crippen molar-refractivity contribution in [1.29, 1.82) is 0 Å². The second kappa shape index (κ2) is 13.1. The minimum Gasteiger partial charge on any atom is -0.477 e. The van der Waals surface area contributed by atoms with Crippen molar-refractivity contribution in [3.63, 3.8) is 0 Å². The molecule has 0 aromatic carbocycles. The van der Waals surface area contributed by atoms with Crippen LogP contribution in [0.15, 0.2) is 4.99 Å². The SMILES string of the molecule is CC(=NCCCOCCCCCCCC(C)C)C(=O)O. The summed E-state index contributed by atoms with van der Waals surface area (Å²) in [6.07, 6.45) is 8.48. The second-order valence-electron chi connectivity index (χ2n) is 5.69. The molecule has 4 heteroatoms. The van der Waals surface area contributed by atoms with E-state index in [1.165, 1.54) is 39.0 Å². The van der Waals surface area contributed by atoms with E-state index in [9.17, 15) is 4.79 Å². The van der Waals surface area contributed by atoms with E-state index in [2.05, 4.69) is 18.8 Å². The molecule has 0 aliphatic carbocycles. The van der Waals surface area contributed by atoms with E-state index in [0.717, 1.165) is 25.4 Å². The average molecular weight is 285 g/mol. The lowest BCUT2D eigenvalue weighted by molar-refractivity contribution is -0.129. The molecule has 0 fully saturated rings. The van der Waals surface area contributed by atoms with Crippen LogP contribution >= 0.6 is 0 Å². The van der Waals surface area contributed by atoms with Gasteiger partial charge in [0.2, 0.25) is 0 Å². The fraction of sp³-hybridized carbons (Fsp3) is 0.875. The van der Waals surface area contributed by atoms with Crippen molar-refractivity contribution in [3.05, 3.63) is 0 Å². The number of hydrogen-bond acceptors (Lipinski definition) is 3. The Morgan fingerprint density at radius 3 is 2.30 bits per heavy atom. The van der Waals surface area contributed by atoms with Crippen LogP contribution in [0.4, 0.5) is 0 Å². The zero-order chi connectivity index (χ0) is 15.2. The van der Waals surface area contributed by atoms with Crippen LogP contribution < -0.4 is 0 Å². The quantitative estimate of drug-likeness (QED) is 0.412. The summed E-state index contributed by atoms with van der Waals surface area (Å²) < 4.78 is 5.50. The summed E-state index contributed by atoms with van der Waals surface area (Å²) in [5.74, 6) is -0.117. The molecule has 0 aromatic heterocycles. The molecule has 20 heavy (non-hydrogen) atoms. The zero-order valence-corrected chi connectivity index (χ0v) is 13.4. The third kappa shape index (κ3) is 13.5. The molecule has 0 heterocycles. The van der Waals surface area contributed by atoms with Gasteiger partial charge in [-0.15, -0.1) is 0 Å². The van der Waals surface area contributed by atoms with Crippen molar-refractivity contribution in [2.45, 2.75) is 65.7 Å². The van der Waals surface area contributed by atoms with Gasteiger partial charge in [-0.05, 0) is 25.7 Å². The lowest BCUT2D eigenvalue weighted by Crippen LogP contribution is -2.09. The number of rotatable bonds is 13. The van der Waals surface area contributed by atoms with E-state index in [-0.39, 0.29) is 5.71 Å². The van der Waals surface area contributed by atoms with Crippen molar-refractivity contribution in [3.8, 4) is 0 Å². The first-order valence-corrected chi connectivity index (χ1v) is 7.86. The standard InChI is InChI=1S/C16H31NO3/c1-14(2)10-7-5-4-6-8-12-20-13-9-11-17-15(3)16(18)19/h14H,4-13H2,1-3H3,(H,18,19). The topological polar surface area (TPSA) is 58.9 Å².